The zero-order valence-electron chi connectivity index (χ0n) is 13.1. The average Bonchev–Trinajstić information content (AvgIpc) is 3.16. The highest BCUT2D eigenvalue weighted by Crippen LogP contribution is 2.27. The molecule has 1 atom stereocenters. The van der Waals surface area contributed by atoms with E-state index in [2.05, 4.69) is 28.5 Å². The van der Waals surface area contributed by atoms with Crippen LogP contribution in [0.15, 0.2) is 44.8 Å². The topological polar surface area (TPSA) is 55.9 Å². The SMILES string of the molecule is CC(NCc1ccc(Sc2nncn2C)o1)C1=CCCCC1. The summed E-state index contributed by atoms with van der Waals surface area (Å²) in [6.45, 7) is 2.98. The predicted octanol–water partition coefficient (Wildman–Crippen LogP) is 3.54. The molecule has 6 heteroatoms. The lowest BCUT2D eigenvalue weighted by Gasteiger charge is -2.20. The zero-order chi connectivity index (χ0) is 15.4. The molecule has 0 aliphatic heterocycles. The van der Waals surface area contributed by atoms with Crippen molar-refractivity contribution in [3.63, 3.8) is 0 Å². The molecule has 2 heterocycles. The summed E-state index contributed by atoms with van der Waals surface area (Å²) in [4.78, 5) is 0. The third-order valence-electron chi connectivity index (χ3n) is 3.96. The van der Waals surface area contributed by atoms with E-state index >= 15 is 0 Å². The van der Waals surface area contributed by atoms with Gasteiger partial charge in [0.2, 0.25) is 0 Å². The van der Waals surface area contributed by atoms with Crippen molar-refractivity contribution in [2.24, 2.45) is 7.05 Å². The maximum absolute atomic E-state index is 5.85. The van der Waals surface area contributed by atoms with E-state index in [1.807, 2.05) is 23.7 Å². The fourth-order valence-electron chi connectivity index (χ4n) is 2.60. The maximum atomic E-state index is 5.85. The first kappa shape index (κ1) is 15.4. The molecule has 1 aliphatic rings. The number of aromatic nitrogens is 3. The van der Waals surface area contributed by atoms with Gasteiger partial charge in [-0.1, -0.05) is 11.6 Å². The molecule has 1 N–H and O–H groups in total. The lowest BCUT2D eigenvalue weighted by molar-refractivity contribution is 0.407. The van der Waals surface area contributed by atoms with Crippen LogP contribution in [0.2, 0.25) is 0 Å². The molecule has 0 radical (unpaired) electrons. The Morgan fingerprint density at radius 2 is 2.32 bits per heavy atom. The van der Waals surface area contributed by atoms with Gasteiger partial charge in [0.15, 0.2) is 10.2 Å². The largest absolute Gasteiger partial charge is 0.453 e. The maximum Gasteiger partial charge on any atom is 0.198 e. The quantitative estimate of drug-likeness (QED) is 0.826. The summed E-state index contributed by atoms with van der Waals surface area (Å²) in [6.07, 6.45) is 9.17. The van der Waals surface area contributed by atoms with Crippen LogP contribution < -0.4 is 5.32 Å². The van der Waals surface area contributed by atoms with Gasteiger partial charge >= 0.3 is 0 Å². The molecular weight excluding hydrogens is 296 g/mol. The Morgan fingerprint density at radius 1 is 1.41 bits per heavy atom. The first-order valence-electron chi connectivity index (χ1n) is 7.75. The van der Waals surface area contributed by atoms with E-state index in [-0.39, 0.29) is 0 Å². The van der Waals surface area contributed by atoms with E-state index in [9.17, 15) is 0 Å². The van der Waals surface area contributed by atoms with Gasteiger partial charge in [0, 0.05) is 13.1 Å². The molecule has 0 fully saturated rings. The van der Waals surface area contributed by atoms with Crippen molar-refractivity contribution in [2.75, 3.05) is 0 Å². The molecule has 0 bridgehead atoms. The van der Waals surface area contributed by atoms with Crippen LogP contribution in [-0.2, 0) is 13.6 Å². The number of furan rings is 1. The number of hydrogen-bond donors (Lipinski definition) is 1. The van der Waals surface area contributed by atoms with Gasteiger partial charge in [0.1, 0.15) is 12.1 Å². The summed E-state index contributed by atoms with van der Waals surface area (Å²) in [5, 5.41) is 13.1. The van der Waals surface area contributed by atoms with E-state index in [1.165, 1.54) is 43.0 Å². The smallest absolute Gasteiger partial charge is 0.198 e. The number of aryl methyl sites for hydroxylation is 1. The van der Waals surface area contributed by atoms with Gasteiger partial charge in [-0.25, -0.2) is 0 Å². The summed E-state index contributed by atoms with van der Waals surface area (Å²) in [7, 11) is 1.92. The van der Waals surface area contributed by atoms with Crippen molar-refractivity contribution in [1.29, 1.82) is 0 Å². The standard InChI is InChI=1S/C16H22N4OS/c1-12(13-6-4-3-5-7-13)17-10-14-8-9-15(21-14)22-16-19-18-11-20(16)2/h6,8-9,11-12,17H,3-5,7,10H2,1-2H3. The normalized spacial score (nSPS) is 16.5. The van der Waals surface area contributed by atoms with E-state index < -0.39 is 0 Å². The van der Waals surface area contributed by atoms with Gasteiger partial charge in [-0.05, 0) is 56.5 Å². The number of nitrogens with one attached hydrogen (secondary N) is 1. The van der Waals surface area contributed by atoms with Crippen molar-refractivity contribution in [3.05, 3.63) is 35.9 Å². The molecule has 0 saturated carbocycles. The zero-order valence-corrected chi connectivity index (χ0v) is 13.9. The molecule has 118 valence electrons. The van der Waals surface area contributed by atoms with Crippen molar-refractivity contribution in [1.82, 2.24) is 20.1 Å². The Morgan fingerprint density at radius 3 is 3.05 bits per heavy atom. The minimum Gasteiger partial charge on any atom is -0.453 e. The molecule has 2 aromatic heterocycles. The second kappa shape index (κ2) is 7.15. The molecule has 5 nitrogen and oxygen atoms in total. The number of nitrogens with zero attached hydrogens (tertiary/aromatic N) is 3. The highest BCUT2D eigenvalue weighted by molar-refractivity contribution is 7.99. The minimum absolute atomic E-state index is 0.417. The van der Waals surface area contributed by atoms with E-state index in [0.717, 1.165) is 22.6 Å². The van der Waals surface area contributed by atoms with Gasteiger partial charge in [-0.15, -0.1) is 10.2 Å². The van der Waals surface area contributed by atoms with Crippen LogP contribution in [-0.4, -0.2) is 20.8 Å². The number of hydrogen-bond acceptors (Lipinski definition) is 5. The molecule has 0 amide bonds. The Bertz CT molecular complexity index is 646. The Balaban J connectivity index is 1.53. The lowest BCUT2D eigenvalue weighted by Crippen LogP contribution is -2.28. The van der Waals surface area contributed by atoms with E-state index in [0.29, 0.717) is 6.04 Å². The van der Waals surface area contributed by atoms with Crippen LogP contribution in [0.1, 0.15) is 38.4 Å². The first-order valence-corrected chi connectivity index (χ1v) is 8.57. The second-order valence-electron chi connectivity index (χ2n) is 5.67. The van der Waals surface area contributed by atoms with Gasteiger partial charge in [-0.3, -0.25) is 0 Å². The minimum atomic E-state index is 0.417. The summed E-state index contributed by atoms with van der Waals surface area (Å²) in [5.41, 5.74) is 1.53. The fraction of sp³-hybridized carbons (Fsp3) is 0.500. The van der Waals surface area contributed by atoms with Gasteiger partial charge < -0.3 is 14.3 Å². The second-order valence-corrected chi connectivity index (χ2v) is 6.65. The van der Waals surface area contributed by atoms with Gasteiger partial charge in [0.05, 0.1) is 6.54 Å². The molecule has 1 aliphatic carbocycles. The molecule has 3 rings (SSSR count). The van der Waals surface area contributed by atoms with Crippen molar-refractivity contribution in [3.8, 4) is 0 Å². The van der Waals surface area contributed by atoms with Crippen LogP contribution >= 0.6 is 11.8 Å². The molecular formula is C16H22N4OS. The molecule has 22 heavy (non-hydrogen) atoms. The highest BCUT2D eigenvalue weighted by atomic mass is 32.2. The Labute approximate surface area is 135 Å². The summed E-state index contributed by atoms with van der Waals surface area (Å²) in [5.74, 6) is 0.952. The summed E-state index contributed by atoms with van der Waals surface area (Å²) >= 11 is 1.49. The van der Waals surface area contributed by atoms with Crippen LogP contribution in [0.25, 0.3) is 0 Å². The molecule has 2 aromatic rings. The van der Waals surface area contributed by atoms with Crippen molar-refractivity contribution < 1.29 is 4.42 Å². The monoisotopic (exact) mass is 318 g/mol. The van der Waals surface area contributed by atoms with E-state index in [4.69, 9.17) is 4.42 Å². The third-order valence-corrected chi connectivity index (χ3v) is 4.94. The summed E-state index contributed by atoms with van der Waals surface area (Å²) in [6, 6.07) is 4.43. The highest BCUT2D eigenvalue weighted by Gasteiger charge is 2.12. The molecule has 1 unspecified atom stereocenters. The lowest BCUT2D eigenvalue weighted by atomic mass is 9.95. The van der Waals surface area contributed by atoms with Crippen LogP contribution in [0.3, 0.4) is 0 Å². The van der Waals surface area contributed by atoms with Crippen LogP contribution in [0.4, 0.5) is 0 Å². The molecule has 0 aromatic carbocycles. The van der Waals surface area contributed by atoms with Gasteiger partial charge in [0.25, 0.3) is 0 Å². The fourth-order valence-corrected chi connectivity index (χ4v) is 3.35. The molecule has 0 saturated heterocycles. The number of allylic oxidation sites excluding steroid dienone is 1. The van der Waals surface area contributed by atoms with Crippen molar-refractivity contribution >= 4 is 11.8 Å². The van der Waals surface area contributed by atoms with Crippen LogP contribution in [0.5, 0.6) is 0 Å². The van der Waals surface area contributed by atoms with Crippen LogP contribution in [0, 0.1) is 0 Å². The van der Waals surface area contributed by atoms with Gasteiger partial charge in [-0.2, -0.15) is 0 Å². The van der Waals surface area contributed by atoms with Crippen molar-refractivity contribution in [2.45, 2.75) is 55.4 Å². The third kappa shape index (κ3) is 3.81. The average molecular weight is 318 g/mol. The predicted molar refractivity (Wildman–Crippen MR) is 86.7 cm³/mol. The first-order chi connectivity index (χ1) is 10.7. The Kier molecular flexibility index (Phi) is 5.00. The number of rotatable bonds is 6. The Hall–Kier alpha value is -1.53. The van der Waals surface area contributed by atoms with E-state index in [1.54, 1.807) is 6.33 Å². The molecule has 0 spiro atoms. The summed E-state index contributed by atoms with van der Waals surface area (Å²) < 4.78 is 7.73.